The maximum absolute atomic E-state index is 9.33. The van der Waals surface area contributed by atoms with Crippen molar-refractivity contribution < 1.29 is 14.9 Å². The summed E-state index contributed by atoms with van der Waals surface area (Å²) >= 11 is 0. The van der Waals surface area contributed by atoms with Gasteiger partial charge in [-0.15, -0.1) is 0 Å². The minimum absolute atomic E-state index is 0.0622. The lowest BCUT2D eigenvalue weighted by atomic mass is 10.0. The summed E-state index contributed by atoms with van der Waals surface area (Å²) in [6, 6.07) is 0. The zero-order valence-electron chi connectivity index (χ0n) is 6.37. The molecule has 0 aromatic heterocycles. The SMILES string of the molecule is C[C@H]1C[C@H](O)[C@@](C)(CO)O1. The van der Waals surface area contributed by atoms with Gasteiger partial charge in [-0.25, -0.2) is 0 Å². The van der Waals surface area contributed by atoms with Crippen molar-refractivity contribution in [3.05, 3.63) is 0 Å². The second-order valence-electron chi connectivity index (χ2n) is 3.15. The molecule has 1 fully saturated rings. The fourth-order valence-corrected chi connectivity index (χ4v) is 1.29. The van der Waals surface area contributed by atoms with Crippen LogP contribution in [-0.2, 0) is 4.74 Å². The standard InChI is InChI=1S/C7H14O3/c1-5-3-6(9)7(2,4-8)10-5/h5-6,8-9H,3-4H2,1-2H3/t5-,6-,7+/m0/s1. The highest BCUT2D eigenvalue weighted by Gasteiger charge is 2.41. The van der Waals surface area contributed by atoms with E-state index in [1.54, 1.807) is 6.92 Å². The summed E-state index contributed by atoms with van der Waals surface area (Å²) in [6.45, 7) is 3.50. The van der Waals surface area contributed by atoms with Gasteiger partial charge >= 0.3 is 0 Å². The van der Waals surface area contributed by atoms with Crippen molar-refractivity contribution in [3.63, 3.8) is 0 Å². The molecule has 1 rings (SSSR count). The van der Waals surface area contributed by atoms with Crippen LogP contribution in [0.5, 0.6) is 0 Å². The van der Waals surface area contributed by atoms with Gasteiger partial charge in [-0.2, -0.15) is 0 Å². The lowest BCUT2D eigenvalue weighted by molar-refractivity contribution is -0.0946. The van der Waals surface area contributed by atoms with E-state index in [2.05, 4.69) is 0 Å². The molecule has 3 nitrogen and oxygen atoms in total. The van der Waals surface area contributed by atoms with Crippen LogP contribution in [0.25, 0.3) is 0 Å². The van der Waals surface area contributed by atoms with Crippen LogP contribution in [0.4, 0.5) is 0 Å². The number of rotatable bonds is 1. The highest BCUT2D eigenvalue weighted by Crippen LogP contribution is 2.29. The van der Waals surface area contributed by atoms with Crippen LogP contribution in [0, 0.1) is 0 Å². The first-order valence-electron chi connectivity index (χ1n) is 3.55. The van der Waals surface area contributed by atoms with Gasteiger partial charge in [0.1, 0.15) is 5.60 Å². The van der Waals surface area contributed by atoms with Crippen molar-refractivity contribution in [1.82, 2.24) is 0 Å². The van der Waals surface area contributed by atoms with Crippen LogP contribution in [0.2, 0.25) is 0 Å². The Labute approximate surface area is 60.6 Å². The Kier molecular flexibility index (Phi) is 1.99. The molecule has 0 bridgehead atoms. The quantitative estimate of drug-likeness (QED) is 0.543. The molecule has 1 aliphatic heterocycles. The van der Waals surface area contributed by atoms with Gasteiger partial charge in [0, 0.05) is 6.42 Å². The third-order valence-corrected chi connectivity index (χ3v) is 2.04. The van der Waals surface area contributed by atoms with Gasteiger partial charge in [-0.05, 0) is 13.8 Å². The van der Waals surface area contributed by atoms with Crippen molar-refractivity contribution in [2.24, 2.45) is 0 Å². The summed E-state index contributed by atoms with van der Waals surface area (Å²) in [5, 5.41) is 18.2. The van der Waals surface area contributed by atoms with E-state index in [0.717, 1.165) is 0 Å². The predicted molar refractivity (Wildman–Crippen MR) is 36.7 cm³/mol. The molecule has 0 aromatic carbocycles. The van der Waals surface area contributed by atoms with E-state index in [-0.39, 0.29) is 12.7 Å². The maximum atomic E-state index is 9.33. The van der Waals surface area contributed by atoms with Crippen molar-refractivity contribution in [2.45, 2.75) is 38.1 Å². The number of aliphatic hydroxyl groups excluding tert-OH is 2. The van der Waals surface area contributed by atoms with E-state index in [0.29, 0.717) is 6.42 Å². The van der Waals surface area contributed by atoms with Crippen molar-refractivity contribution >= 4 is 0 Å². The van der Waals surface area contributed by atoms with Gasteiger partial charge < -0.3 is 14.9 Å². The zero-order valence-corrected chi connectivity index (χ0v) is 6.37. The molecule has 0 radical (unpaired) electrons. The second-order valence-corrected chi connectivity index (χ2v) is 3.15. The zero-order chi connectivity index (χ0) is 7.78. The highest BCUT2D eigenvalue weighted by molar-refractivity contribution is 4.91. The van der Waals surface area contributed by atoms with Crippen LogP contribution in [0.1, 0.15) is 20.3 Å². The van der Waals surface area contributed by atoms with Crippen molar-refractivity contribution in [2.75, 3.05) is 6.61 Å². The summed E-state index contributed by atoms with van der Waals surface area (Å²) in [7, 11) is 0. The van der Waals surface area contributed by atoms with Crippen LogP contribution in [0.3, 0.4) is 0 Å². The second kappa shape index (κ2) is 2.49. The number of ether oxygens (including phenoxy) is 1. The summed E-state index contributed by atoms with van der Waals surface area (Å²) in [5.74, 6) is 0. The minimum atomic E-state index is -0.723. The van der Waals surface area contributed by atoms with Crippen LogP contribution >= 0.6 is 0 Å². The van der Waals surface area contributed by atoms with Crippen LogP contribution in [-0.4, -0.2) is 34.6 Å². The Hall–Kier alpha value is -0.120. The molecular weight excluding hydrogens is 132 g/mol. The molecule has 0 aromatic rings. The fourth-order valence-electron chi connectivity index (χ4n) is 1.29. The smallest absolute Gasteiger partial charge is 0.115 e. The third-order valence-electron chi connectivity index (χ3n) is 2.04. The van der Waals surface area contributed by atoms with E-state index in [1.165, 1.54) is 0 Å². The highest BCUT2D eigenvalue weighted by atomic mass is 16.5. The number of hydrogen-bond acceptors (Lipinski definition) is 3. The summed E-state index contributed by atoms with van der Waals surface area (Å²) < 4.78 is 5.31. The normalized spacial score (nSPS) is 48.0. The van der Waals surface area contributed by atoms with Gasteiger partial charge in [0.15, 0.2) is 0 Å². The molecule has 60 valence electrons. The molecule has 3 heteroatoms. The average Bonchev–Trinajstić information content (AvgIpc) is 2.09. The van der Waals surface area contributed by atoms with Gasteiger partial charge in [0.2, 0.25) is 0 Å². The van der Waals surface area contributed by atoms with Gasteiger partial charge in [-0.1, -0.05) is 0 Å². The molecule has 2 N–H and O–H groups in total. The topological polar surface area (TPSA) is 49.7 Å². The molecule has 1 saturated heterocycles. The van der Waals surface area contributed by atoms with E-state index >= 15 is 0 Å². The predicted octanol–water partition coefficient (Wildman–Crippen LogP) is -0.0929. The van der Waals surface area contributed by atoms with Crippen LogP contribution in [0.15, 0.2) is 0 Å². The Morgan fingerprint density at radius 2 is 2.30 bits per heavy atom. The molecule has 3 atom stereocenters. The Morgan fingerprint density at radius 3 is 2.50 bits per heavy atom. The van der Waals surface area contributed by atoms with Gasteiger partial charge in [-0.3, -0.25) is 0 Å². The van der Waals surface area contributed by atoms with Crippen LogP contribution < -0.4 is 0 Å². The molecule has 0 aliphatic carbocycles. The maximum Gasteiger partial charge on any atom is 0.115 e. The minimum Gasteiger partial charge on any atom is -0.393 e. The molecule has 1 aliphatic rings. The molecule has 0 saturated carbocycles. The summed E-state index contributed by atoms with van der Waals surface area (Å²) in [5.41, 5.74) is -0.723. The lowest BCUT2D eigenvalue weighted by Gasteiger charge is -2.24. The first-order chi connectivity index (χ1) is 4.58. The van der Waals surface area contributed by atoms with Gasteiger partial charge in [0.25, 0.3) is 0 Å². The number of hydrogen-bond donors (Lipinski definition) is 2. The Bertz CT molecular complexity index is 126. The molecular formula is C7H14O3. The summed E-state index contributed by atoms with van der Waals surface area (Å²) in [6.07, 6.45) is 0.163. The first kappa shape index (κ1) is 7.98. The first-order valence-corrected chi connectivity index (χ1v) is 3.55. The molecule has 10 heavy (non-hydrogen) atoms. The van der Waals surface area contributed by atoms with Crippen molar-refractivity contribution in [1.29, 1.82) is 0 Å². The number of aliphatic hydroxyl groups is 2. The Morgan fingerprint density at radius 1 is 1.70 bits per heavy atom. The molecule has 0 spiro atoms. The van der Waals surface area contributed by atoms with E-state index in [4.69, 9.17) is 9.84 Å². The average molecular weight is 146 g/mol. The summed E-state index contributed by atoms with van der Waals surface area (Å²) in [4.78, 5) is 0. The van der Waals surface area contributed by atoms with E-state index in [9.17, 15) is 5.11 Å². The Balaban J connectivity index is 2.61. The fraction of sp³-hybridized carbons (Fsp3) is 1.00. The third kappa shape index (κ3) is 1.17. The molecule has 0 amide bonds. The largest absolute Gasteiger partial charge is 0.393 e. The van der Waals surface area contributed by atoms with Gasteiger partial charge in [0.05, 0.1) is 18.8 Å². The van der Waals surface area contributed by atoms with Crippen molar-refractivity contribution in [3.8, 4) is 0 Å². The lowest BCUT2D eigenvalue weighted by Crippen LogP contribution is -2.39. The van der Waals surface area contributed by atoms with E-state index in [1.807, 2.05) is 6.92 Å². The monoisotopic (exact) mass is 146 g/mol. The molecule has 0 unspecified atom stereocenters. The molecule has 1 heterocycles. The van der Waals surface area contributed by atoms with E-state index < -0.39 is 11.7 Å².